The molecule has 5 heteroatoms. The number of nitrogens with one attached hydrogen (secondary N) is 1. The van der Waals surface area contributed by atoms with Crippen LogP contribution in [0.3, 0.4) is 0 Å². The predicted octanol–water partition coefficient (Wildman–Crippen LogP) is 14.2. The van der Waals surface area contributed by atoms with E-state index in [4.69, 9.17) is 4.42 Å². The summed E-state index contributed by atoms with van der Waals surface area (Å²) in [5, 5.41) is 6.14. The standard InChI is InChI=1S/C55H47BN2OS/c1-30-14-12-15-31(2)49(30)33-25-39(35-18-13-19-37-50-36-17-8-10-20-46(36)59-53(50)57-52(35)37)51-45(26-33)58(43-28-41-40(24-32(43)3)54(4,5)22-23-55(41,6)7)44-27-38-34-16-9-11-21-47(34)60-48(38)29-42(44)56-51/h8-21,24-29,56-57H,22-23H2,1-7H3. The van der Waals surface area contributed by atoms with Gasteiger partial charge in [0, 0.05) is 53.6 Å². The number of H-pyrrole nitrogens is 1. The molecule has 12 rings (SSSR count). The molecule has 1 N–H and O–H groups in total. The number of nitrogens with zero attached hydrogens (tertiary/aromatic N) is 1. The van der Waals surface area contributed by atoms with E-state index in [9.17, 15) is 0 Å². The Balaban J connectivity index is 1.20. The highest BCUT2D eigenvalue weighted by Crippen LogP contribution is 2.51. The molecule has 3 nitrogen and oxygen atoms in total. The number of benzene rings is 7. The van der Waals surface area contributed by atoms with Crippen LogP contribution in [-0.2, 0) is 10.8 Å². The number of furan rings is 1. The molecule has 0 saturated heterocycles. The summed E-state index contributed by atoms with van der Waals surface area (Å²) < 4.78 is 9.16. The Morgan fingerprint density at radius 2 is 1.30 bits per heavy atom. The van der Waals surface area contributed by atoms with E-state index >= 15 is 0 Å². The number of para-hydroxylation sites is 2. The summed E-state index contributed by atoms with van der Waals surface area (Å²) in [4.78, 5) is 6.46. The molecule has 0 atom stereocenters. The fourth-order valence-electron chi connectivity index (χ4n) is 11.0. The van der Waals surface area contributed by atoms with Gasteiger partial charge in [-0.25, -0.2) is 0 Å². The van der Waals surface area contributed by atoms with Crippen molar-refractivity contribution in [2.45, 2.75) is 72.1 Å². The Kier molecular flexibility index (Phi) is 7.47. The van der Waals surface area contributed by atoms with Crippen molar-refractivity contribution < 1.29 is 4.42 Å². The fourth-order valence-corrected chi connectivity index (χ4v) is 12.2. The van der Waals surface area contributed by atoms with Crippen LogP contribution in [0.2, 0.25) is 0 Å². The summed E-state index contributed by atoms with van der Waals surface area (Å²) in [6.45, 7) is 16.6. The number of fused-ring (bicyclic) bond motifs is 11. The molecule has 4 heterocycles. The number of aromatic amines is 1. The lowest BCUT2D eigenvalue weighted by Crippen LogP contribution is -2.41. The second-order valence-corrected chi connectivity index (χ2v) is 20.1. The number of anilines is 3. The molecule has 3 aromatic heterocycles. The van der Waals surface area contributed by atoms with Crippen molar-refractivity contribution in [1.29, 1.82) is 0 Å². The van der Waals surface area contributed by atoms with E-state index in [-0.39, 0.29) is 10.8 Å². The number of aromatic nitrogens is 1. The minimum absolute atomic E-state index is 0.0673. The minimum atomic E-state index is 0.0673. The van der Waals surface area contributed by atoms with Gasteiger partial charge in [-0.05, 0) is 137 Å². The third-order valence-corrected chi connectivity index (χ3v) is 15.4. The summed E-state index contributed by atoms with van der Waals surface area (Å²) in [6, 6.07) is 45.9. The number of thiophene rings is 1. The molecule has 0 unspecified atom stereocenters. The molecule has 60 heavy (non-hydrogen) atoms. The van der Waals surface area contributed by atoms with Gasteiger partial charge in [0.1, 0.15) is 5.58 Å². The molecule has 0 fully saturated rings. The van der Waals surface area contributed by atoms with E-state index in [2.05, 4.69) is 174 Å². The van der Waals surface area contributed by atoms with Gasteiger partial charge in [0.25, 0.3) is 0 Å². The minimum Gasteiger partial charge on any atom is -0.440 e. The van der Waals surface area contributed by atoms with Gasteiger partial charge in [-0.3, -0.25) is 0 Å². The van der Waals surface area contributed by atoms with Crippen molar-refractivity contribution in [1.82, 2.24) is 4.98 Å². The van der Waals surface area contributed by atoms with E-state index in [1.807, 2.05) is 17.4 Å². The summed E-state index contributed by atoms with van der Waals surface area (Å²) in [5.74, 6) is 0. The Hall–Kier alpha value is -6.04. The molecule has 1 aliphatic heterocycles. The molecule has 0 bridgehead atoms. The van der Waals surface area contributed by atoms with Crippen molar-refractivity contribution in [2.24, 2.45) is 0 Å². The van der Waals surface area contributed by atoms with Crippen LogP contribution in [0.1, 0.15) is 68.4 Å². The second-order valence-electron chi connectivity index (χ2n) is 19.0. The molecule has 2 aliphatic rings. The van der Waals surface area contributed by atoms with Gasteiger partial charge in [0.15, 0.2) is 7.28 Å². The molecular formula is C55H47BN2OS. The Morgan fingerprint density at radius 1 is 0.600 bits per heavy atom. The predicted molar refractivity (Wildman–Crippen MR) is 260 cm³/mol. The summed E-state index contributed by atoms with van der Waals surface area (Å²) in [6.07, 6.45) is 2.36. The maximum Gasteiger partial charge on any atom is 0.206 e. The normalized spacial score (nSPS) is 15.5. The summed E-state index contributed by atoms with van der Waals surface area (Å²) >= 11 is 1.91. The van der Waals surface area contributed by atoms with E-state index in [1.54, 1.807) is 0 Å². The van der Waals surface area contributed by atoms with Gasteiger partial charge in [-0.15, -0.1) is 11.3 Å². The van der Waals surface area contributed by atoms with Crippen LogP contribution in [0.15, 0.2) is 126 Å². The van der Waals surface area contributed by atoms with Crippen LogP contribution < -0.4 is 15.8 Å². The highest BCUT2D eigenvalue weighted by molar-refractivity contribution is 7.26. The second kappa shape index (κ2) is 12.5. The van der Waals surface area contributed by atoms with Gasteiger partial charge >= 0.3 is 0 Å². The average molecular weight is 795 g/mol. The Labute approximate surface area is 355 Å². The lowest BCUT2D eigenvalue weighted by molar-refractivity contribution is 0.332. The molecule has 1 aliphatic carbocycles. The SMILES string of the molecule is Cc1cc2c(cc1N1c3cc4c(cc3Bc3c(-c5cccc6c5[nH]c5oc7ccccc7c56)cc(-c5c(C)cccc5C)cc31)sc1ccccc14)C(C)(C)CCC2(C)C. The molecule has 7 aromatic carbocycles. The van der Waals surface area contributed by atoms with Crippen LogP contribution in [0.5, 0.6) is 0 Å². The van der Waals surface area contributed by atoms with Crippen molar-refractivity contribution in [2.75, 3.05) is 4.90 Å². The largest absolute Gasteiger partial charge is 0.440 e. The van der Waals surface area contributed by atoms with E-state index < -0.39 is 0 Å². The van der Waals surface area contributed by atoms with Crippen molar-refractivity contribution in [3.05, 3.63) is 149 Å². The molecule has 292 valence electrons. The van der Waals surface area contributed by atoms with E-state index in [0.29, 0.717) is 0 Å². The molecule has 0 amide bonds. The maximum atomic E-state index is 6.48. The van der Waals surface area contributed by atoms with Crippen molar-refractivity contribution in [3.8, 4) is 22.3 Å². The van der Waals surface area contributed by atoms with Gasteiger partial charge in [-0.1, -0.05) is 112 Å². The van der Waals surface area contributed by atoms with E-state index in [1.165, 1.54) is 116 Å². The molecular weight excluding hydrogens is 747 g/mol. The number of hydrogen-bond acceptors (Lipinski definition) is 3. The molecule has 10 aromatic rings. The first-order chi connectivity index (χ1) is 28.9. The third kappa shape index (κ3) is 5.08. The van der Waals surface area contributed by atoms with Crippen LogP contribution in [0, 0.1) is 20.8 Å². The van der Waals surface area contributed by atoms with Crippen molar-refractivity contribution >= 4 is 99.7 Å². The van der Waals surface area contributed by atoms with Gasteiger partial charge in [0.05, 0.1) is 10.9 Å². The summed E-state index contributed by atoms with van der Waals surface area (Å²) in [5.41, 5.74) is 21.4. The first-order valence-electron chi connectivity index (χ1n) is 21.5. The summed E-state index contributed by atoms with van der Waals surface area (Å²) in [7, 11) is 0.826. The Morgan fingerprint density at radius 3 is 2.10 bits per heavy atom. The van der Waals surface area contributed by atoms with Crippen molar-refractivity contribution in [3.63, 3.8) is 0 Å². The topological polar surface area (TPSA) is 32.2 Å². The molecule has 0 radical (unpaired) electrons. The zero-order chi connectivity index (χ0) is 40.8. The van der Waals surface area contributed by atoms with Gasteiger partial charge in [-0.2, -0.15) is 0 Å². The third-order valence-electron chi connectivity index (χ3n) is 14.3. The zero-order valence-electron chi connectivity index (χ0n) is 35.4. The van der Waals surface area contributed by atoms with Crippen LogP contribution in [0.4, 0.5) is 17.1 Å². The van der Waals surface area contributed by atoms with E-state index in [0.717, 1.165) is 34.9 Å². The lowest BCUT2D eigenvalue weighted by Gasteiger charge is -2.44. The smallest absolute Gasteiger partial charge is 0.206 e. The maximum absolute atomic E-state index is 6.48. The highest BCUT2D eigenvalue weighted by atomic mass is 32.1. The van der Waals surface area contributed by atoms with Crippen LogP contribution in [-0.4, -0.2) is 12.3 Å². The first-order valence-corrected chi connectivity index (χ1v) is 22.3. The van der Waals surface area contributed by atoms with Gasteiger partial charge in [0.2, 0.25) is 5.71 Å². The Bertz CT molecular complexity index is 3450. The highest BCUT2D eigenvalue weighted by Gasteiger charge is 2.39. The average Bonchev–Trinajstić information content (AvgIpc) is 3.90. The van der Waals surface area contributed by atoms with Crippen LogP contribution in [0.25, 0.3) is 75.4 Å². The number of aryl methyl sites for hydroxylation is 3. The monoisotopic (exact) mass is 794 g/mol. The number of rotatable bonds is 3. The molecule has 0 spiro atoms. The quantitative estimate of drug-likeness (QED) is 0.181. The molecule has 0 saturated carbocycles. The van der Waals surface area contributed by atoms with Gasteiger partial charge < -0.3 is 14.3 Å². The zero-order valence-corrected chi connectivity index (χ0v) is 36.2. The first kappa shape index (κ1) is 35.9. The number of hydrogen-bond donors (Lipinski definition) is 1. The van der Waals surface area contributed by atoms with Crippen LogP contribution >= 0.6 is 11.3 Å². The lowest BCUT2D eigenvalue weighted by atomic mass is 9.57. The fraction of sp³-hybridized carbons (Fsp3) is 0.200.